The number of aromatic amines is 1. The van der Waals surface area contributed by atoms with E-state index in [4.69, 9.17) is 11.6 Å². The second-order valence-electron chi connectivity index (χ2n) is 2.07. The molecule has 0 spiro atoms. The lowest BCUT2D eigenvalue weighted by Gasteiger charge is -1.98. The zero-order chi connectivity index (χ0) is 10.4. The van der Waals surface area contributed by atoms with E-state index in [1.807, 2.05) is 0 Å². The van der Waals surface area contributed by atoms with Crippen molar-refractivity contribution >= 4 is 28.7 Å². The van der Waals surface area contributed by atoms with Crippen molar-refractivity contribution in [2.45, 2.75) is 6.92 Å². The second-order valence-corrected chi connectivity index (χ2v) is 2.43. The van der Waals surface area contributed by atoms with Crippen LogP contribution in [0.3, 0.4) is 0 Å². The van der Waals surface area contributed by atoms with E-state index in [1.165, 1.54) is 6.33 Å². The van der Waals surface area contributed by atoms with E-state index < -0.39 is 5.97 Å². The van der Waals surface area contributed by atoms with Gasteiger partial charge in [0.25, 0.3) is 0 Å². The maximum Gasteiger partial charge on any atom is 0.370 e. The first-order valence-electron chi connectivity index (χ1n) is 3.75. The van der Waals surface area contributed by atoms with Crippen LogP contribution in [0, 0.1) is 0 Å². The standard InChI is InChI=1S/C6H8ClN5O2/c1-2-14-5(13)4(7)10-12-6-8-3-9-11-6/h3H,2H2,1H3,(H2,8,9,11,12). The molecular formula is C6H8ClN5O2. The van der Waals surface area contributed by atoms with E-state index in [2.05, 4.69) is 30.4 Å². The van der Waals surface area contributed by atoms with Gasteiger partial charge in [0, 0.05) is 0 Å². The van der Waals surface area contributed by atoms with Gasteiger partial charge < -0.3 is 4.74 Å². The summed E-state index contributed by atoms with van der Waals surface area (Å²) in [4.78, 5) is 14.6. The van der Waals surface area contributed by atoms with Crippen LogP contribution in [0.25, 0.3) is 0 Å². The maximum absolute atomic E-state index is 10.9. The summed E-state index contributed by atoms with van der Waals surface area (Å²) in [5.41, 5.74) is 2.39. The normalized spacial score (nSPS) is 11.1. The first-order valence-corrected chi connectivity index (χ1v) is 4.13. The number of rotatable bonds is 4. The van der Waals surface area contributed by atoms with Gasteiger partial charge in [-0.3, -0.25) is 0 Å². The molecule has 0 aliphatic heterocycles. The van der Waals surface area contributed by atoms with Crippen LogP contribution in [0.4, 0.5) is 5.95 Å². The molecule has 0 aliphatic rings. The van der Waals surface area contributed by atoms with Crippen molar-refractivity contribution in [2.75, 3.05) is 12.0 Å². The van der Waals surface area contributed by atoms with Gasteiger partial charge in [0.1, 0.15) is 6.33 Å². The monoisotopic (exact) mass is 217 g/mol. The van der Waals surface area contributed by atoms with Crippen molar-refractivity contribution in [3.05, 3.63) is 6.33 Å². The molecule has 0 bridgehead atoms. The van der Waals surface area contributed by atoms with Crippen molar-refractivity contribution in [3.8, 4) is 0 Å². The van der Waals surface area contributed by atoms with E-state index in [9.17, 15) is 4.79 Å². The smallest absolute Gasteiger partial charge is 0.370 e. The molecule has 0 saturated carbocycles. The van der Waals surface area contributed by atoms with Gasteiger partial charge in [0.05, 0.1) is 6.61 Å². The summed E-state index contributed by atoms with van der Waals surface area (Å²) in [7, 11) is 0. The molecule has 0 radical (unpaired) electrons. The van der Waals surface area contributed by atoms with Crippen molar-refractivity contribution in [3.63, 3.8) is 0 Å². The maximum atomic E-state index is 10.9. The molecule has 0 atom stereocenters. The molecule has 0 amide bonds. The topological polar surface area (TPSA) is 92.3 Å². The highest BCUT2D eigenvalue weighted by molar-refractivity contribution is 6.82. The summed E-state index contributed by atoms with van der Waals surface area (Å²) >= 11 is 5.48. The number of ether oxygens (including phenoxy) is 1. The fourth-order valence-electron chi connectivity index (χ4n) is 0.598. The third kappa shape index (κ3) is 3.02. The van der Waals surface area contributed by atoms with E-state index in [0.717, 1.165) is 0 Å². The van der Waals surface area contributed by atoms with Gasteiger partial charge in [0.2, 0.25) is 11.1 Å². The van der Waals surface area contributed by atoms with E-state index in [1.54, 1.807) is 6.92 Å². The van der Waals surface area contributed by atoms with Crippen LogP contribution in [-0.4, -0.2) is 32.9 Å². The Morgan fingerprint density at radius 3 is 3.21 bits per heavy atom. The fourth-order valence-corrected chi connectivity index (χ4v) is 0.694. The van der Waals surface area contributed by atoms with Gasteiger partial charge >= 0.3 is 5.97 Å². The number of hydrogen-bond donors (Lipinski definition) is 2. The lowest BCUT2D eigenvalue weighted by molar-refractivity contribution is -0.134. The first-order chi connectivity index (χ1) is 6.74. The Kier molecular flexibility index (Phi) is 3.86. The van der Waals surface area contributed by atoms with Crippen LogP contribution in [0.2, 0.25) is 0 Å². The number of carbonyl (C=O) groups is 1. The molecule has 1 aromatic heterocycles. The molecule has 0 aliphatic carbocycles. The highest BCUT2D eigenvalue weighted by atomic mass is 35.5. The average molecular weight is 218 g/mol. The second kappa shape index (κ2) is 5.18. The van der Waals surface area contributed by atoms with Gasteiger partial charge in [0.15, 0.2) is 0 Å². The van der Waals surface area contributed by atoms with Crippen LogP contribution >= 0.6 is 11.6 Å². The molecule has 7 nitrogen and oxygen atoms in total. The number of nitrogens with zero attached hydrogens (tertiary/aromatic N) is 3. The molecule has 14 heavy (non-hydrogen) atoms. The summed E-state index contributed by atoms with van der Waals surface area (Å²) in [5, 5.41) is 9.23. The molecular weight excluding hydrogens is 210 g/mol. The molecule has 0 aromatic carbocycles. The minimum absolute atomic E-state index is 0.243. The zero-order valence-corrected chi connectivity index (χ0v) is 8.08. The van der Waals surface area contributed by atoms with Crippen LogP contribution in [0.1, 0.15) is 6.92 Å². The molecule has 0 saturated heterocycles. The lowest BCUT2D eigenvalue weighted by atomic mass is 10.7. The Morgan fingerprint density at radius 1 is 1.86 bits per heavy atom. The molecule has 1 aromatic rings. The van der Waals surface area contributed by atoms with Crippen molar-refractivity contribution in [1.82, 2.24) is 15.2 Å². The number of anilines is 1. The molecule has 1 rings (SSSR count). The van der Waals surface area contributed by atoms with Gasteiger partial charge in [-0.1, -0.05) is 11.6 Å². The first kappa shape index (κ1) is 10.5. The lowest BCUT2D eigenvalue weighted by Crippen LogP contribution is -2.13. The fraction of sp³-hybridized carbons (Fsp3) is 0.333. The number of hydrogen-bond acceptors (Lipinski definition) is 6. The van der Waals surface area contributed by atoms with Crippen molar-refractivity contribution in [1.29, 1.82) is 0 Å². The number of aromatic nitrogens is 3. The Balaban J connectivity index is 2.48. The summed E-state index contributed by atoms with van der Waals surface area (Å²) in [6.07, 6.45) is 1.29. The predicted molar refractivity (Wildman–Crippen MR) is 49.9 cm³/mol. The summed E-state index contributed by atoms with van der Waals surface area (Å²) in [6.45, 7) is 1.92. The zero-order valence-electron chi connectivity index (χ0n) is 7.32. The molecule has 76 valence electrons. The molecule has 1 heterocycles. The van der Waals surface area contributed by atoms with Crippen molar-refractivity contribution < 1.29 is 9.53 Å². The van der Waals surface area contributed by atoms with E-state index >= 15 is 0 Å². The van der Waals surface area contributed by atoms with Gasteiger partial charge in [-0.15, -0.1) is 0 Å². The summed E-state index contributed by atoms with van der Waals surface area (Å²) in [5.74, 6) is -0.409. The Morgan fingerprint density at radius 2 is 2.64 bits per heavy atom. The molecule has 0 unspecified atom stereocenters. The van der Waals surface area contributed by atoms with Gasteiger partial charge in [-0.2, -0.15) is 15.2 Å². The highest BCUT2D eigenvalue weighted by Gasteiger charge is 2.08. The number of halogens is 1. The van der Waals surface area contributed by atoms with Crippen LogP contribution in [0.5, 0.6) is 0 Å². The number of hydrazone groups is 1. The quantitative estimate of drug-likeness (QED) is 0.431. The van der Waals surface area contributed by atoms with Crippen LogP contribution in [0.15, 0.2) is 11.4 Å². The summed E-state index contributed by atoms with van der Waals surface area (Å²) < 4.78 is 4.59. The Bertz CT molecular complexity index is 323. The third-order valence-electron chi connectivity index (χ3n) is 1.12. The Labute approximate surface area is 84.5 Å². The molecule has 0 fully saturated rings. The largest absolute Gasteiger partial charge is 0.461 e. The number of nitrogens with one attached hydrogen (secondary N) is 2. The van der Waals surface area contributed by atoms with E-state index in [-0.39, 0.29) is 17.7 Å². The highest BCUT2D eigenvalue weighted by Crippen LogP contribution is 1.95. The van der Waals surface area contributed by atoms with E-state index in [0.29, 0.717) is 0 Å². The van der Waals surface area contributed by atoms with Gasteiger partial charge in [-0.25, -0.2) is 15.3 Å². The molecule has 2 N–H and O–H groups in total. The third-order valence-corrected chi connectivity index (χ3v) is 1.36. The minimum Gasteiger partial charge on any atom is -0.461 e. The average Bonchev–Trinajstić information content (AvgIpc) is 2.67. The molecule has 8 heteroatoms. The van der Waals surface area contributed by atoms with Crippen molar-refractivity contribution in [2.24, 2.45) is 5.10 Å². The SMILES string of the molecule is CCOC(=O)C(Cl)=NNc1ncn[nH]1. The van der Waals surface area contributed by atoms with Gasteiger partial charge in [-0.05, 0) is 6.92 Å². The predicted octanol–water partition coefficient (Wildman–Crippen LogP) is 0.332. The summed E-state index contributed by atoms with van der Waals surface area (Å²) in [6, 6.07) is 0. The van der Waals surface area contributed by atoms with Crippen LogP contribution in [-0.2, 0) is 9.53 Å². The minimum atomic E-state index is -0.693. The van der Waals surface area contributed by atoms with Crippen LogP contribution < -0.4 is 5.43 Å². The Hall–Kier alpha value is -1.63. The number of carbonyl (C=O) groups excluding carboxylic acids is 1. The number of H-pyrrole nitrogens is 1. The number of esters is 1.